The van der Waals surface area contributed by atoms with Crippen molar-refractivity contribution in [1.82, 2.24) is 0 Å². The van der Waals surface area contributed by atoms with Crippen LogP contribution in [0.1, 0.15) is 6.42 Å². The third kappa shape index (κ3) is 1.83. The van der Waals surface area contributed by atoms with Gasteiger partial charge in [0, 0.05) is 10.2 Å². The maximum absolute atomic E-state index is 10.5. The molecule has 0 radical (unpaired) electrons. The van der Waals surface area contributed by atoms with Gasteiger partial charge in [-0.25, -0.2) is 0 Å². The van der Waals surface area contributed by atoms with Crippen molar-refractivity contribution >= 4 is 21.9 Å². The molecule has 0 saturated carbocycles. The SMILES string of the molecule is NC1=CC(Br)=CCC1C(=O)O. The maximum atomic E-state index is 10.5. The number of aliphatic carboxylic acids is 1. The van der Waals surface area contributed by atoms with Crippen molar-refractivity contribution in [2.45, 2.75) is 6.42 Å². The summed E-state index contributed by atoms with van der Waals surface area (Å²) in [4.78, 5) is 10.5. The monoisotopic (exact) mass is 217 g/mol. The first-order chi connectivity index (χ1) is 5.11. The summed E-state index contributed by atoms with van der Waals surface area (Å²) in [5.41, 5.74) is 5.89. The fourth-order valence-corrected chi connectivity index (χ4v) is 1.38. The van der Waals surface area contributed by atoms with E-state index in [1.165, 1.54) is 0 Å². The van der Waals surface area contributed by atoms with E-state index in [0.29, 0.717) is 12.1 Å². The smallest absolute Gasteiger partial charge is 0.312 e. The Morgan fingerprint density at radius 3 is 2.91 bits per heavy atom. The van der Waals surface area contributed by atoms with Crippen LogP contribution in [0.15, 0.2) is 22.3 Å². The van der Waals surface area contributed by atoms with Crippen LogP contribution in [0.4, 0.5) is 0 Å². The van der Waals surface area contributed by atoms with E-state index < -0.39 is 11.9 Å². The van der Waals surface area contributed by atoms with Crippen LogP contribution in [-0.2, 0) is 4.79 Å². The number of halogens is 1. The summed E-state index contributed by atoms with van der Waals surface area (Å²) in [5, 5.41) is 8.63. The number of hydrogen-bond acceptors (Lipinski definition) is 2. The Hall–Kier alpha value is -0.770. The minimum Gasteiger partial charge on any atom is -0.481 e. The molecule has 0 amide bonds. The molecular weight excluding hydrogens is 210 g/mol. The van der Waals surface area contributed by atoms with E-state index in [-0.39, 0.29) is 0 Å². The van der Waals surface area contributed by atoms with Crippen LogP contribution in [-0.4, -0.2) is 11.1 Å². The minimum absolute atomic E-state index is 0.409. The number of carbonyl (C=O) groups is 1. The summed E-state index contributed by atoms with van der Waals surface area (Å²) < 4.78 is 0.854. The molecule has 4 heteroatoms. The van der Waals surface area contributed by atoms with Crippen molar-refractivity contribution in [2.75, 3.05) is 0 Å². The zero-order chi connectivity index (χ0) is 8.43. The lowest BCUT2D eigenvalue weighted by Gasteiger charge is -2.14. The average Bonchev–Trinajstić information content (AvgIpc) is 1.85. The molecule has 3 nitrogen and oxygen atoms in total. The van der Waals surface area contributed by atoms with E-state index >= 15 is 0 Å². The Kier molecular flexibility index (Phi) is 2.34. The van der Waals surface area contributed by atoms with Gasteiger partial charge in [0.1, 0.15) is 0 Å². The largest absolute Gasteiger partial charge is 0.481 e. The van der Waals surface area contributed by atoms with Crippen LogP contribution in [0.5, 0.6) is 0 Å². The van der Waals surface area contributed by atoms with E-state index in [1.54, 1.807) is 12.2 Å². The van der Waals surface area contributed by atoms with Gasteiger partial charge in [0.25, 0.3) is 0 Å². The Bertz CT molecular complexity index is 245. The van der Waals surface area contributed by atoms with Crippen molar-refractivity contribution in [3.8, 4) is 0 Å². The average molecular weight is 218 g/mol. The molecule has 0 aromatic carbocycles. The molecule has 1 rings (SSSR count). The second-order valence-corrected chi connectivity index (χ2v) is 3.28. The molecule has 1 unspecified atom stereocenters. The zero-order valence-corrected chi connectivity index (χ0v) is 7.34. The van der Waals surface area contributed by atoms with Gasteiger partial charge < -0.3 is 10.8 Å². The molecule has 60 valence electrons. The molecule has 0 spiro atoms. The highest BCUT2D eigenvalue weighted by Crippen LogP contribution is 2.23. The van der Waals surface area contributed by atoms with Crippen molar-refractivity contribution < 1.29 is 9.90 Å². The van der Waals surface area contributed by atoms with Crippen LogP contribution in [0.2, 0.25) is 0 Å². The molecule has 0 bridgehead atoms. The Morgan fingerprint density at radius 2 is 2.45 bits per heavy atom. The van der Waals surface area contributed by atoms with Gasteiger partial charge >= 0.3 is 5.97 Å². The molecule has 0 aromatic rings. The summed E-state index contributed by atoms with van der Waals surface area (Å²) in [6, 6.07) is 0. The number of hydrogen-bond donors (Lipinski definition) is 2. The lowest BCUT2D eigenvalue weighted by molar-refractivity contribution is -0.140. The number of rotatable bonds is 1. The third-order valence-electron chi connectivity index (χ3n) is 1.55. The Labute approximate surface area is 72.7 Å². The second kappa shape index (κ2) is 3.09. The standard InChI is InChI=1S/C7H8BrNO2/c8-4-1-2-5(7(10)11)6(9)3-4/h1,3,5H,2,9H2,(H,10,11). The van der Waals surface area contributed by atoms with Gasteiger partial charge in [-0.05, 0) is 12.5 Å². The van der Waals surface area contributed by atoms with Gasteiger partial charge in [-0.3, -0.25) is 4.79 Å². The molecule has 0 aliphatic heterocycles. The first-order valence-electron chi connectivity index (χ1n) is 3.17. The highest BCUT2D eigenvalue weighted by atomic mass is 79.9. The van der Waals surface area contributed by atoms with E-state index in [0.717, 1.165) is 4.48 Å². The van der Waals surface area contributed by atoms with Crippen molar-refractivity contribution in [3.05, 3.63) is 22.3 Å². The van der Waals surface area contributed by atoms with Crippen LogP contribution < -0.4 is 5.73 Å². The van der Waals surface area contributed by atoms with Crippen LogP contribution >= 0.6 is 15.9 Å². The van der Waals surface area contributed by atoms with Crippen molar-refractivity contribution in [3.63, 3.8) is 0 Å². The molecule has 1 atom stereocenters. The van der Waals surface area contributed by atoms with Crippen molar-refractivity contribution in [1.29, 1.82) is 0 Å². The summed E-state index contributed by atoms with van der Waals surface area (Å²) in [5.74, 6) is -1.41. The number of allylic oxidation sites excluding steroid dienone is 3. The summed E-state index contributed by atoms with van der Waals surface area (Å²) >= 11 is 3.22. The third-order valence-corrected chi connectivity index (χ3v) is 2.11. The van der Waals surface area contributed by atoms with Gasteiger partial charge in [-0.1, -0.05) is 22.0 Å². The predicted molar refractivity (Wildman–Crippen MR) is 45.0 cm³/mol. The summed E-state index contributed by atoms with van der Waals surface area (Å²) in [7, 11) is 0. The molecule has 0 fully saturated rings. The molecule has 0 heterocycles. The van der Waals surface area contributed by atoms with Gasteiger partial charge in [0.15, 0.2) is 0 Å². The number of carboxylic acids is 1. The van der Waals surface area contributed by atoms with Crippen LogP contribution in [0.25, 0.3) is 0 Å². The molecule has 3 N–H and O–H groups in total. The lowest BCUT2D eigenvalue weighted by Crippen LogP contribution is -2.22. The topological polar surface area (TPSA) is 63.3 Å². The Morgan fingerprint density at radius 1 is 1.82 bits per heavy atom. The molecule has 0 aromatic heterocycles. The summed E-state index contributed by atoms with van der Waals surface area (Å²) in [6.45, 7) is 0. The normalized spacial score (nSPS) is 23.9. The zero-order valence-electron chi connectivity index (χ0n) is 5.75. The highest BCUT2D eigenvalue weighted by molar-refractivity contribution is 9.11. The molecule has 1 aliphatic carbocycles. The van der Waals surface area contributed by atoms with E-state index in [1.807, 2.05) is 0 Å². The molecule has 1 aliphatic rings. The molecule has 0 saturated heterocycles. The van der Waals surface area contributed by atoms with E-state index in [9.17, 15) is 4.79 Å². The Balaban J connectivity index is 2.80. The maximum Gasteiger partial charge on any atom is 0.312 e. The first-order valence-corrected chi connectivity index (χ1v) is 3.96. The fraction of sp³-hybridized carbons (Fsp3) is 0.286. The highest BCUT2D eigenvalue weighted by Gasteiger charge is 2.21. The predicted octanol–water partition coefficient (Wildman–Crippen LogP) is 1.21. The van der Waals surface area contributed by atoms with Gasteiger partial charge in [-0.15, -0.1) is 0 Å². The fourth-order valence-electron chi connectivity index (χ4n) is 0.929. The second-order valence-electron chi connectivity index (χ2n) is 2.36. The van der Waals surface area contributed by atoms with Gasteiger partial charge in [0.05, 0.1) is 5.92 Å². The van der Waals surface area contributed by atoms with E-state index in [4.69, 9.17) is 10.8 Å². The number of nitrogens with two attached hydrogens (primary N) is 1. The first kappa shape index (κ1) is 8.33. The number of carboxylic acid groups (broad SMARTS) is 1. The van der Waals surface area contributed by atoms with Gasteiger partial charge in [-0.2, -0.15) is 0 Å². The molecular formula is C7H8BrNO2. The lowest BCUT2D eigenvalue weighted by atomic mass is 9.98. The van der Waals surface area contributed by atoms with Crippen LogP contribution in [0, 0.1) is 5.92 Å². The van der Waals surface area contributed by atoms with E-state index in [2.05, 4.69) is 15.9 Å². The quantitative estimate of drug-likeness (QED) is 0.695. The van der Waals surface area contributed by atoms with Gasteiger partial charge in [0.2, 0.25) is 0 Å². The molecule has 11 heavy (non-hydrogen) atoms. The van der Waals surface area contributed by atoms with Crippen molar-refractivity contribution in [2.24, 2.45) is 11.7 Å². The van der Waals surface area contributed by atoms with Crippen LogP contribution in [0.3, 0.4) is 0 Å². The summed E-state index contributed by atoms with van der Waals surface area (Å²) in [6.07, 6.45) is 3.90. The minimum atomic E-state index is -0.866.